The zero-order chi connectivity index (χ0) is 10.0. The highest BCUT2D eigenvalue weighted by atomic mass is 32.1. The largest absolute Gasteiger partial charge is 0.360 e. The molecule has 0 saturated heterocycles. The van der Waals surface area contributed by atoms with Crippen LogP contribution < -0.4 is 11.1 Å². The molecule has 1 aliphatic carbocycles. The molecule has 0 atom stereocenters. The zero-order valence-corrected chi connectivity index (χ0v) is 9.23. The first-order valence-electron chi connectivity index (χ1n) is 4.98. The van der Waals surface area contributed by atoms with Crippen LogP contribution in [0, 0.1) is 12.3 Å². The molecule has 5 heteroatoms. The van der Waals surface area contributed by atoms with Crippen LogP contribution in [0.3, 0.4) is 0 Å². The van der Waals surface area contributed by atoms with Gasteiger partial charge in [0.05, 0.1) is 0 Å². The van der Waals surface area contributed by atoms with Gasteiger partial charge >= 0.3 is 0 Å². The number of hydrogen-bond donors (Lipinski definition) is 2. The lowest BCUT2D eigenvalue weighted by Crippen LogP contribution is -2.19. The van der Waals surface area contributed by atoms with Crippen LogP contribution in [-0.4, -0.2) is 23.3 Å². The molecule has 1 aromatic heterocycles. The van der Waals surface area contributed by atoms with Crippen molar-refractivity contribution >= 4 is 16.5 Å². The first-order valence-corrected chi connectivity index (χ1v) is 5.80. The summed E-state index contributed by atoms with van der Waals surface area (Å²) in [6.07, 6.45) is 3.72. The molecule has 14 heavy (non-hydrogen) atoms. The van der Waals surface area contributed by atoms with Crippen molar-refractivity contribution in [2.75, 3.05) is 18.4 Å². The molecule has 0 unspecified atom stereocenters. The van der Waals surface area contributed by atoms with Crippen molar-refractivity contribution in [2.24, 2.45) is 11.1 Å². The second-order valence-electron chi connectivity index (χ2n) is 4.02. The predicted octanol–water partition coefficient (Wildman–Crippen LogP) is 1.39. The van der Waals surface area contributed by atoms with Gasteiger partial charge in [-0.05, 0) is 38.1 Å². The first-order chi connectivity index (χ1) is 6.74. The number of hydrogen-bond acceptors (Lipinski definition) is 5. The lowest BCUT2D eigenvalue weighted by Gasteiger charge is -2.13. The van der Waals surface area contributed by atoms with Crippen LogP contribution in [0.15, 0.2) is 0 Å². The molecule has 4 nitrogen and oxygen atoms in total. The van der Waals surface area contributed by atoms with Crippen molar-refractivity contribution < 1.29 is 0 Å². The summed E-state index contributed by atoms with van der Waals surface area (Å²) in [4.78, 5) is 0. The molecule has 1 saturated carbocycles. The van der Waals surface area contributed by atoms with E-state index in [9.17, 15) is 0 Å². The van der Waals surface area contributed by atoms with Gasteiger partial charge in [-0.2, -0.15) is 0 Å². The van der Waals surface area contributed by atoms with Crippen LogP contribution in [0.4, 0.5) is 5.13 Å². The fourth-order valence-corrected chi connectivity index (χ4v) is 2.22. The van der Waals surface area contributed by atoms with Gasteiger partial charge < -0.3 is 11.1 Å². The molecule has 0 aliphatic heterocycles. The second-order valence-corrected chi connectivity index (χ2v) is 5.20. The summed E-state index contributed by atoms with van der Waals surface area (Å²) >= 11 is 1.61. The molecule has 0 bridgehead atoms. The van der Waals surface area contributed by atoms with Gasteiger partial charge in [-0.1, -0.05) is 11.3 Å². The lowest BCUT2D eigenvalue weighted by molar-refractivity contribution is 0.501. The second kappa shape index (κ2) is 3.82. The average Bonchev–Trinajstić information content (AvgIpc) is 2.80. The smallest absolute Gasteiger partial charge is 0.205 e. The Balaban J connectivity index is 1.82. The van der Waals surface area contributed by atoms with Crippen molar-refractivity contribution in [1.29, 1.82) is 0 Å². The van der Waals surface area contributed by atoms with E-state index < -0.39 is 0 Å². The minimum Gasteiger partial charge on any atom is -0.360 e. The van der Waals surface area contributed by atoms with Crippen LogP contribution in [-0.2, 0) is 0 Å². The Hall–Kier alpha value is -0.680. The van der Waals surface area contributed by atoms with Crippen molar-refractivity contribution in [1.82, 2.24) is 10.2 Å². The Morgan fingerprint density at radius 2 is 2.29 bits per heavy atom. The van der Waals surface area contributed by atoms with E-state index in [1.165, 1.54) is 12.8 Å². The van der Waals surface area contributed by atoms with E-state index in [1.807, 2.05) is 6.92 Å². The fourth-order valence-electron chi connectivity index (χ4n) is 1.63. The Labute approximate surface area is 87.9 Å². The quantitative estimate of drug-likeness (QED) is 0.774. The molecule has 1 aliphatic rings. The summed E-state index contributed by atoms with van der Waals surface area (Å²) in [7, 11) is 0. The molecule has 1 aromatic rings. The highest BCUT2D eigenvalue weighted by Crippen LogP contribution is 2.48. The molecule has 0 amide bonds. The number of aromatic nitrogens is 2. The molecular formula is C9H16N4S. The molecule has 0 radical (unpaired) electrons. The molecule has 2 rings (SSSR count). The fraction of sp³-hybridized carbons (Fsp3) is 0.778. The van der Waals surface area contributed by atoms with Crippen LogP contribution in [0.1, 0.15) is 24.3 Å². The summed E-state index contributed by atoms with van der Waals surface area (Å²) in [5.41, 5.74) is 6.04. The van der Waals surface area contributed by atoms with Crippen molar-refractivity contribution in [3.63, 3.8) is 0 Å². The topological polar surface area (TPSA) is 63.8 Å². The SMILES string of the molecule is Cc1nnc(NCC2(CCN)CC2)s1. The normalized spacial score (nSPS) is 18.1. The van der Waals surface area contributed by atoms with Crippen molar-refractivity contribution in [3.8, 4) is 0 Å². The Morgan fingerprint density at radius 3 is 2.79 bits per heavy atom. The highest BCUT2D eigenvalue weighted by Gasteiger charge is 2.41. The monoisotopic (exact) mass is 212 g/mol. The standard InChI is InChI=1S/C9H16N4S/c1-7-12-13-8(14-7)11-6-9(2-3-9)4-5-10/h2-6,10H2,1H3,(H,11,13). The molecule has 3 N–H and O–H groups in total. The third-order valence-electron chi connectivity index (χ3n) is 2.77. The number of nitrogens with two attached hydrogens (primary N) is 1. The molecular weight excluding hydrogens is 196 g/mol. The Morgan fingerprint density at radius 1 is 1.50 bits per heavy atom. The Kier molecular flexibility index (Phi) is 2.69. The number of nitrogens with one attached hydrogen (secondary N) is 1. The average molecular weight is 212 g/mol. The van der Waals surface area contributed by atoms with E-state index in [0.717, 1.165) is 29.6 Å². The van der Waals surface area contributed by atoms with Gasteiger partial charge in [-0.3, -0.25) is 0 Å². The zero-order valence-electron chi connectivity index (χ0n) is 8.42. The number of anilines is 1. The van der Waals surface area contributed by atoms with Crippen molar-refractivity contribution in [2.45, 2.75) is 26.2 Å². The first kappa shape index (κ1) is 9.86. The number of rotatable bonds is 5. The maximum absolute atomic E-state index is 5.57. The van der Waals surface area contributed by atoms with Gasteiger partial charge in [0.15, 0.2) is 0 Å². The summed E-state index contributed by atoms with van der Waals surface area (Å²) < 4.78 is 0. The summed E-state index contributed by atoms with van der Waals surface area (Å²) in [6, 6.07) is 0. The van der Waals surface area contributed by atoms with Gasteiger partial charge in [0.25, 0.3) is 0 Å². The van der Waals surface area contributed by atoms with E-state index in [4.69, 9.17) is 5.73 Å². The lowest BCUT2D eigenvalue weighted by atomic mass is 10.0. The van der Waals surface area contributed by atoms with Gasteiger partial charge in [-0.25, -0.2) is 0 Å². The van der Waals surface area contributed by atoms with E-state index in [2.05, 4.69) is 15.5 Å². The van der Waals surface area contributed by atoms with E-state index in [0.29, 0.717) is 5.41 Å². The highest BCUT2D eigenvalue weighted by molar-refractivity contribution is 7.15. The molecule has 1 heterocycles. The van der Waals surface area contributed by atoms with Gasteiger partial charge in [-0.15, -0.1) is 10.2 Å². The van der Waals surface area contributed by atoms with Crippen LogP contribution in [0.5, 0.6) is 0 Å². The molecule has 78 valence electrons. The molecule has 0 aromatic carbocycles. The number of aryl methyl sites for hydroxylation is 1. The van der Waals surface area contributed by atoms with Gasteiger partial charge in [0, 0.05) is 6.54 Å². The van der Waals surface area contributed by atoms with Crippen molar-refractivity contribution in [3.05, 3.63) is 5.01 Å². The number of nitrogens with zero attached hydrogens (tertiary/aromatic N) is 2. The summed E-state index contributed by atoms with van der Waals surface area (Å²) in [5, 5.41) is 13.3. The minimum atomic E-state index is 0.467. The summed E-state index contributed by atoms with van der Waals surface area (Å²) in [6.45, 7) is 3.76. The van der Waals surface area contributed by atoms with Crippen LogP contribution in [0.25, 0.3) is 0 Å². The van der Waals surface area contributed by atoms with E-state index in [1.54, 1.807) is 11.3 Å². The maximum atomic E-state index is 5.57. The summed E-state index contributed by atoms with van der Waals surface area (Å²) in [5.74, 6) is 0. The van der Waals surface area contributed by atoms with Gasteiger partial charge in [0.2, 0.25) is 5.13 Å². The van der Waals surface area contributed by atoms with Crippen LogP contribution in [0.2, 0.25) is 0 Å². The minimum absolute atomic E-state index is 0.467. The Bertz CT molecular complexity index is 306. The third-order valence-corrected chi connectivity index (χ3v) is 3.57. The molecule has 1 fully saturated rings. The maximum Gasteiger partial charge on any atom is 0.205 e. The van der Waals surface area contributed by atoms with Gasteiger partial charge in [0.1, 0.15) is 5.01 Å². The third kappa shape index (κ3) is 2.22. The predicted molar refractivity (Wildman–Crippen MR) is 58.5 cm³/mol. The van der Waals surface area contributed by atoms with E-state index in [-0.39, 0.29) is 0 Å². The molecule has 0 spiro atoms. The van der Waals surface area contributed by atoms with Crippen LogP contribution >= 0.6 is 11.3 Å². The van der Waals surface area contributed by atoms with E-state index >= 15 is 0 Å².